The van der Waals surface area contributed by atoms with E-state index in [0.29, 0.717) is 26.7 Å². The van der Waals surface area contributed by atoms with Crippen molar-refractivity contribution in [2.75, 3.05) is 24.7 Å². The molecular formula is C57H92N14O8S2. The van der Waals surface area contributed by atoms with Crippen molar-refractivity contribution in [1.82, 2.24) is 55.6 Å². The number of nitrogens with zero attached hydrogens (tertiary/aromatic N) is 12. The van der Waals surface area contributed by atoms with Crippen LogP contribution in [-0.2, 0) is 61.4 Å². The van der Waals surface area contributed by atoms with Crippen LogP contribution < -0.4 is 55.6 Å². The van der Waals surface area contributed by atoms with Gasteiger partial charge in [-0.05, 0) is 176 Å². The van der Waals surface area contributed by atoms with Crippen molar-refractivity contribution in [2.24, 2.45) is 28.2 Å². The molecule has 0 aromatic carbocycles. The number of hydrogen-bond donors (Lipinski definition) is 2. The van der Waals surface area contributed by atoms with Gasteiger partial charge in [0.15, 0.2) is 9.54 Å². The van der Waals surface area contributed by atoms with Crippen LogP contribution in [0.2, 0.25) is 0 Å². The SMILES string of the molecule is CNc1ccn(C(C)(C)C)c(=O)n1.CNc1nc(=O)n(C(C)(C)C)cc1C.Cc1cn(C(C)(C)C)c(=O)n(C)c1=O.Cc1cn(C(C)(C)C)c(=S)n(C)c1=O.Cn1c(=O)ccn(C(C)(C)C)c1=O.Cn1c(=O)ccn(C(C)(C)C)c1=S. The molecule has 81 heavy (non-hydrogen) atoms. The van der Waals surface area contributed by atoms with Crippen LogP contribution in [0.3, 0.4) is 0 Å². The molecular weight excluding hydrogens is 1070 g/mol. The fourth-order valence-electron chi connectivity index (χ4n) is 7.09. The Morgan fingerprint density at radius 3 is 1.14 bits per heavy atom. The summed E-state index contributed by atoms with van der Waals surface area (Å²) in [6.07, 6.45) is 10.3. The lowest BCUT2D eigenvalue weighted by Gasteiger charge is -2.24. The van der Waals surface area contributed by atoms with Crippen LogP contribution in [0.4, 0.5) is 11.6 Å². The van der Waals surface area contributed by atoms with Crippen molar-refractivity contribution in [3.8, 4) is 0 Å². The Hall–Kier alpha value is -7.08. The zero-order chi connectivity index (χ0) is 63.6. The first-order valence-electron chi connectivity index (χ1n) is 26.2. The average molecular weight is 1170 g/mol. The third-order valence-corrected chi connectivity index (χ3v) is 13.0. The molecule has 0 radical (unpaired) electrons. The maximum Gasteiger partial charge on any atom is 0.350 e. The molecule has 24 heteroatoms. The van der Waals surface area contributed by atoms with Crippen molar-refractivity contribution < 1.29 is 0 Å². The Bertz CT molecular complexity index is 3610. The van der Waals surface area contributed by atoms with E-state index in [1.165, 1.54) is 46.1 Å². The molecule has 2 N–H and O–H groups in total. The zero-order valence-corrected chi connectivity index (χ0v) is 54.8. The summed E-state index contributed by atoms with van der Waals surface area (Å²) < 4.78 is 16.5. The lowest BCUT2D eigenvalue weighted by molar-refractivity contribution is 0.365. The average Bonchev–Trinajstić information content (AvgIpc) is 3.34. The summed E-state index contributed by atoms with van der Waals surface area (Å²) in [5.74, 6) is 1.25. The van der Waals surface area contributed by atoms with Crippen molar-refractivity contribution in [1.29, 1.82) is 0 Å². The molecule has 6 rings (SSSR count). The molecule has 0 saturated carbocycles. The normalized spacial score (nSPS) is 11.6. The topological polar surface area (TPSA) is 236 Å². The van der Waals surface area contributed by atoms with Crippen LogP contribution in [0.15, 0.2) is 93.7 Å². The van der Waals surface area contributed by atoms with Gasteiger partial charge in [0.1, 0.15) is 11.6 Å². The summed E-state index contributed by atoms with van der Waals surface area (Å²) in [6, 6.07) is 4.71. The van der Waals surface area contributed by atoms with Gasteiger partial charge in [0, 0.05) is 142 Å². The van der Waals surface area contributed by atoms with Crippen molar-refractivity contribution in [3.05, 3.63) is 165 Å². The Kier molecular flexibility index (Phi) is 24.5. The minimum absolute atomic E-state index is 0.0181. The highest BCUT2D eigenvalue weighted by atomic mass is 32.1. The Balaban J connectivity index is 0.000000486. The molecule has 0 bridgehead atoms. The van der Waals surface area contributed by atoms with E-state index in [0.717, 1.165) is 20.3 Å². The lowest BCUT2D eigenvalue weighted by atomic mass is 10.1. The van der Waals surface area contributed by atoms with E-state index < -0.39 is 0 Å². The maximum atomic E-state index is 11.7. The first kappa shape index (κ1) is 71.9. The number of hydrogen-bond acceptors (Lipinski definition) is 14. The van der Waals surface area contributed by atoms with Gasteiger partial charge in [0.2, 0.25) is 0 Å². The predicted octanol–water partition coefficient (Wildman–Crippen LogP) is 6.95. The van der Waals surface area contributed by atoms with Gasteiger partial charge in [-0.1, -0.05) is 0 Å². The number of aromatic nitrogens is 12. The summed E-state index contributed by atoms with van der Waals surface area (Å²) in [7, 11) is 9.87. The zero-order valence-electron chi connectivity index (χ0n) is 53.1. The third-order valence-electron chi connectivity index (χ3n) is 12.0. The van der Waals surface area contributed by atoms with Crippen LogP contribution >= 0.6 is 24.4 Å². The van der Waals surface area contributed by atoms with Gasteiger partial charge >= 0.3 is 22.8 Å². The summed E-state index contributed by atoms with van der Waals surface area (Å²) in [5, 5.41) is 5.71. The van der Waals surface area contributed by atoms with Crippen molar-refractivity contribution in [3.63, 3.8) is 0 Å². The van der Waals surface area contributed by atoms with Crippen LogP contribution in [-0.4, -0.2) is 69.7 Å². The highest BCUT2D eigenvalue weighted by molar-refractivity contribution is 7.71. The number of rotatable bonds is 2. The summed E-state index contributed by atoms with van der Waals surface area (Å²) in [6.45, 7) is 41.2. The van der Waals surface area contributed by atoms with E-state index in [1.807, 2.05) is 132 Å². The maximum absolute atomic E-state index is 11.7. The van der Waals surface area contributed by atoms with E-state index in [1.54, 1.807) is 80.4 Å². The monoisotopic (exact) mass is 1160 g/mol. The lowest BCUT2D eigenvalue weighted by Crippen LogP contribution is -2.44. The summed E-state index contributed by atoms with van der Waals surface area (Å²) in [4.78, 5) is 99.4. The second-order valence-electron chi connectivity index (χ2n) is 25.3. The van der Waals surface area contributed by atoms with E-state index in [2.05, 4.69) is 41.4 Å². The van der Waals surface area contributed by atoms with Crippen molar-refractivity contribution in [2.45, 2.75) is 179 Å². The van der Waals surface area contributed by atoms with E-state index in [9.17, 15) is 38.4 Å². The molecule has 0 spiro atoms. The molecule has 0 saturated heterocycles. The molecule has 0 atom stereocenters. The molecule has 0 aliphatic rings. The Morgan fingerprint density at radius 2 is 0.728 bits per heavy atom. The second-order valence-corrected chi connectivity index (χ2v) is 26.0. The van der Waals surface area contributed by atoms with Gasteiger partial charge in [-0.2, -0.15) is 9.97 Å². The van der Waals surface area contributed by atoms with E-state index in [-0.39, 0.29) is 78.2 Å². The molecule has 0 amide bonds. The van der Waals surface area contributed by atoms with Crippen LogP contribution in [0.25, 0.3) is 0 Å². The van der Waals surface area contributed by atoms with Crippen LogP contribution in [0, 0.1) is 30.3 Å². The largest absolute Gasteiger partial charge is 0.373 e. The number of nitrogens with one attached hydrogen (secondary N) is 2. The first-order chi connectivity index (χ1) is 36.5. The van der Waals surface area contributed by atoms with Gasteiger partial charge < -0.3 is 19.8 Å². The van der Waals surface area contributed by atoms with E-state index >= 15 is 0 Å². The molecule has 0 unspecified atom stereocenters. The second kappa shape index (κ2) is 27.6. The van der Waals surface area contributed by atoms with Gasteiger partial charge in [0.05, 0.1) is 0 Å². The highest BCUT2D eigenvalue weighted by Crippen LogP contribution is 2.17. The molecule has 6 aromatic rings. The van der Waals surface area contributed by atoms with E-state index in [4.69, 9.17) is 24.4 Å². The predicted molar refractivity (Wildman–Crippen MR) is 333 cm³/mol. The minimum Gasteiger partial charge on any atom is -0.373 e. The van der Waals surface area contributed by atoms with Crippen LogP contribution in [0.1, 0.15) is 141 Å². The highest BCUT2D eigenvalue weighted by Gasteiger charge is 2.20. The molecule has 0 aliphatic heterocycles. The van der Waals surface area contributed by atoms with Crippen LogP contribution in [0.5, 0.6) is 0 Å². The summed E-state index contributed by atoms with van der Waals surface area (Å²) in [5.41, 5.74) is -0.481. The Labute approximate surface area is 486 Å². The summed E-state index contributed by atoms with van der Waals surface area (Å²) >= 11 is 10.4. The molecule has 0 fully saturated rings. The molecule has 22 nitrogen and oxygen atoms in total. The quantitative estimate of drug-likeness (QED) is 0.167. The van der Waals surface area contributed by atoms with Crippen molar-refractivity contribution >= 4 is 36.1 Å². The first-order valence-corrected chi connectivity index (χ1v) is 27.0. The Morgan fingerprint density at radius 1 is 0.383 bits per heavy atom. The van der Waals surface area contributed by atoms with Gasteiger partial charge in [-0.25, -0.2) is 19.2 Å². The molecule has 0 aliphatic carbocycles. The van der Waals surface area contributed by atoms with Gasteiger partial charge in [-0.15, -0.1) is 0 Å². The molecule has 450 valence electrons. The molecule has 6 heterocycles. The fraction of sp³-hybridized carbons (Fsp3) is 0.579. The number of anilines is 2. The molecule has 6 aromatic heterocycles. The smallest absolute Gasteiger partial charge is 0.350 e. The van der Waals surface area contributed by atoms with Gasteiger partial charge in [0.25, 0.3) is 22.2 Å². The fourth-order valence-corrected chi connectivity index (χ4v) is 7.92. The van der Waals surface area contributed by atoms with Gasteiger partial charge in [-0.3, -0.25) is 55.7 Å². The third kappa shape index (κ3) is 19.9. The number of aryl methyl sites for hydroxylation is 3. The standard InChI is InChI=1S/C10H17N3O.C10H16N2O2.C10H16N2OS.C9H15N3O.C9H14N2O2.C9H14N2OS/c1-7-6-13(10(2,3)4)9(14)12-8(7)11-5;2*1-7-6-12(10(2,3)4)9(14)11(5)8(7)13;1-9(2,3)12-6-5-7(10-4)11-8(12)13;2*1-9(2,3)11-6-5-7(12)10(4)8(11)13/h6H,1-5H3,(H,11,12,14);2*6H,1-5H3;5-6H,1-4H3,(H,10,11,13);2*5-6H,1-4H3. The minimum atomic E-state index is -0.298.